The van der Waals surface area contributed by atoms with Gasteiger partial charge in [-0.3, -0.25) is 10.1 Å². The molecule has 92 valence electrons. The van der Waals surface area contributed by atoms with Crippen molar-refractivity contribution in [1.29, 1.82) is 0 Å². The molecule has 6 nitrogen and oxygen atoms in total. The highest BCUT2D eigenvalue weighted by Crippen LogP contribution is 2.25. The summed E-state index contributed by atoms with van der Waals surface area (Å²) in [5.41, 5.74) is -0.350. The minimum absolute atomic E-state index is 0.0500. The average molecular weight is 314 g/mol. The fourth-order valence-corrected chi connectivity index (χ4v) is 1.34. The van der Waals surface area contributed by atoms with Crippen LogP contribution in [0.1, 0.15) is 0 Å². The van der Waals surface area contributed by atoms with Crippen LogP contribution in [0, 0.1) is 15.9 Å². The fraction of sp³-hybridized carbons (Fsp3) is 0. The van der Waals surface area contributed by atoms with Crippen LogP contribution < -0.4 is 4.74 Å². The predicted molar refractivity (Wildman–Crippen MR) is 62.9 cm³/mol. The molecule has 1 heterocycles. The lowest BCUT2D eigenvalue weighted by Crippen LogP contribution is -1.95. The third-order valence-electron chi connectivity index (χ3n) is 1.92. The molecule has 0 amide bonds. The maximum atomic E-state index is 13.5. The van der Waals surface area contributed by atoms with Crippen molar-refractivity contribution >= 4 is 21.6 Å². The Bertz CT molecular complexity index is 591. The van der Waals surface area contributed by atoms with Crippen molar-refractivity contribution in [3.05, 3.63) is 51.0 Å². The van der Waals surface area contributed by atoms with E-state index in [2.05, 4.69) is 25.9 Å². The van der Waals surface area contributed by atoms with Crippen LogP contribution >= 0.6 is 15.9 Å². The van der Waals surface area contributed by atoms with Crippen LogP contribution in [0.25, 0.3) is 0 Å². The average Bonchev–Trinajstić information content (AvgIpc) is 2.34. The molecule has 0 saturated carbocycles. The molecule has 0 fully saturated rings. The first-order valence-corrected chi connectivity index (χ1v) is 5.45. The number of ether oxygens (including phenoxy) is 1. The van der Waals surface area contributed by atoms with Crippen molar-refractivity contribution in [3.8, 4) is 11.8 Å². The lowest BCUT2D eigenvalue weighted by Gasteiger charge is -2.04. The zero-order valence-corrected chi connectivity index (χ0v) is 10.3. The Morgan fingerprint density at radius 3 is 2.56 bits per heavy atom. The molecule has 0 N–H and O–H groups in total. The lowest BCUT2D eigenvalue weighted by molar-refractivity contribution is -0.385. The minimum atomic E-state index is -0.851. The number of hydrogen-bond donors (Lipinski definition) is 0. The highest BCUT2D eigenvalue weighted by molar-refractivity contribution is 9.10. The Balaban J connectivity index is 2.24. The largest absolute Gasteiger partial charge is 0.421 e. The summed E-state index contributed by atoms with van der Waals surface area (Å²) < 4.78 is 19.2. The third kappa shape index (κ3) is 2.77. The van der Waals surface area contributed by atoms with Gasteiger partial charge < -0.3 is 4.74 Å². The zero-order chi connectivity index (χ0) is 13.1. The Morgan fingerprint density at radius 2 is 2.00 bits per heavy atom. The second-order valence-corrected chi connectivity index (χ2v) is 4.07. The van der Waals surface area contributed by atoms with Crippen LogP contribution in [0.3, 0.4) is 0 Å². The topological polar surface area (TPSA) is 78.2 Å². The van der Waals surface area contributed by atoms with Gasteiger partial charge in [0.2, 0.25) is 0 Å². The number of nitro groups is 1. The number of rotatable bonds is 3. The molecule has 0 spiro atoms. The van der Waals surface area contributed by atoms with E-state index in [0.717, 1.165) is 18.2 Å². The number of halogens is 2. The monoisotopic (exact) mass is 313 g/mol. The molecule has 0 bridgehead atoms. The van der Waals surface area contributed by atoms with Crippen molar-refractivity contribution in [1.82, 2.24) is 9.97 Å². The normalized spacial score (nSPS) is 10.1. The van der Waals surface area contributed by atoms with Crippen LogP contribution in [0.2, 0.25) is 0 Å². The van der Waals surface area contributed by atoms with Gasteiger partial charge in [-0.25, -0.2) is 14.4 Å². The molecule has 2 aromatic rings. The van der Waals surface area contributed by atoms with Gasteiger partial charge in [0.1, 0.15) is 0 Å². The zero-order valence-electron chi connectivity index (χ0n) is 8.71. The van der Waals surface area contributed by atoms with Crippen LogP contribution in [-0.2, 0) is 0 Å². The first-order valence-electron chi connectivity index (χ1n) is 4.65. The number of non-ortho nitro benzene ring substituents is 1. The van der Waals surface area contributed by atoms with Gasteiger partial charge in [-0.2, -0.15) is 0 Å². The number of nitro benzene ring substituents is 1. The van der Waals surface area contributed by atoms with Crippen LogP contribution in [0.4, 0.5) is 10.1 Å². The molecule has 8 heteroatoms. The second-order valence-electron chi connectivity index (χ2n) is 3.16. The predicted octanol–water partition coefficient (Wildman–Crippen LogP) is 3.08. The summed E-state index contributed by atoms with van der Waals surface area (Å²) in [5, 5.41) is 10.4. The molecular weight excluding hydrogens is 309 g/mol. The van der Waals surface area contributed by atoms with E-state index in [1.54, 1.807) is 0 Å². The maximum Gasteiger partial charge on any atom is 0.322 e. The quantitative estimate of drug-likeness (QED) is 0.642. The van der Waals surface area contributed by atoms with E-state index < -0.39 is 10.7 Å². The van der Waals surface area contributed by atoms with E-state index in [-0.39, 0.29) is 17.4 Å². The molecule has 0 aliphatic carbocycles. The molecule has 1 aromatic heterocycles. The van der Waals surface area contributed by atoms with E-state index in [9.17, 15) is 14.5 Å². The van der Waals surface area contributed by atoms with Gasteiger partial charge >= 0.3 is 6.01 Å². The summed E-state index contributed by atoms with van der Waals surface area (Å²) >= 11 is 3.14. The van der Waals surface area contributed by atoms with Gasteiger partial charge in [0.05, 0.1) is 15.5 Å². The van der Waals surface area contributed by atoms with E-state index in [1.807, 2.05) is 0 Å². The molecule has 2 rings (SSSR count). The van der Waals surface area contributed by atoms with Gasteiger partial charge in [-0.15, -0.1) is 0 Å². The van der Waals surface area contributed by atoms with Gasteiger partial charge in [-0.05, 0) is 22.0 Å². The van der Waals surface area contributed by atoms with Gasteiger partial charge in [-0.1, -0.05) is 0 Å². The smallest absolute Gasteiger partial charge is 0.322 e. The summed E-state index contributed by atoms with van der Waals surface area (Å²) in [6.45, 7) is 0. The standard InChI is InChI=1S/C10H5BrFN3O3/c11-6-4-13-10(14-5-6)18-9-2-1-7(15(16)17)3-8(9)12/h1-5H. The Labute approximate surface area is 109 Å². The minimum Gasteiger partial charge on any atom is -0.421 e. The maximum absolute atomic E-state index is 13.5. The first kappa shape index (κ1) is 12.4. The van der Waals surface area contributed by atoms with E-state index in [0.29, 0.717) is 4.47 Å². The summed E-state index contributed by atoms with van der Waals surface area (Å²) in [5.74, 6) is -1.03. The van der Waals surface area contributed by atoms with Crippen molar-refractivity contribution in [3.63, 3.8) is 0 Å². The van der Waals surface area contributed by atoms with Crippen LogP contribution in [-0.4, -0.2) is 14.9 Å². The number of benzene rings is 1. The molecule has 0 radical (unpaired) electrons. The third-order valence-corrected chi connectivity index (χ3v) is 2.33. The molecule has 1 aromatic carbocycles. The molecule has 0 unspecified atom stereocenters. The fourth-order valence-electron chi connectivity index (χ4n) is 1.14. The molecule has 18 heavy (non-hydrogen) atoms. The molecule has 0 atom stereocenters. The van der Waals surface area contributed by atoms with Crippen molar-refractivity contribution in [2.75, 3.05) is 0 Å². The lowest BCUT2D eigenvalue weighted by atomic mass is 10.3. The van der Waals surface area contributed by atoms with E-state index in [1.165, 1.54) is 12.4 Å². The Kier molecular flexibility index (Phi) is 3.47. The van der Waals surface area contributed by atoms with Crippen LogP contribution in [0.15, 0.2) is 35.1 Å². The van der Waals surface area contributed by atoms with Crippen LogP contribution in [0.5, 0.6) is 11.8 Å². The Hall–Kier alpha value is -2.09. The first-order chi connectivity index (χ1) is 8.56. The highest BCUT2D eigenvalue weighted by Gasteiger charge is 2.12. The molecule has 0 aliphatic heterocycles. The number of hydrogen-bond acceptors (Lipinski definition) is 5. The van der Waals surface area contributed by atoms with Gasteiger partial charge in [0.25, 0.3) is 5.69 Å². The van der Waals surface area contributed by atoms with Gasteiger partial charge in [0.15, 0.2) is 11.6 Å². The molecule has 0 saturated heterocycles. The van der Waals surface area contributed by atoms with E-state index >= 15 is 0 Å². The van der Waals surface area contributed by atoms with Gasteiger partial charge in [0, 0.05) is 18.5 Å². The summed E-state index contributed by atoms with van der Waals surface area (Å²) in [4.78, 5) is 17.3. The number of aromatic nitrogens is 2. The summed E-state index contributed by atoms with van der Waals surface area (Å²) in [6, 6.07) is 3.01. The Morgan fingerprint density at radius 1 is 1.33 bits per heavy atom. The molecular formula is C10H5BrFN3O3. The second kappa shape index (κ2) is 5.05. The highest BCUT2D eigenvalue weighted by atomic mass is 79.9. The molecule has 0 aliphatic rings. The number of nitrogens with zero attached hydrogens (tertiary/aromatic N) is 3. The van der Waals surface area contributed by atoms with E-state index in [4.69, 9.17) is 4.74 Å². The van der Waals surface area contributed by atoms with Crippen molar-refractivity contribution in [2.45, 2.75) is 0 Å². The van der Waals surface area contributed by atoms with Crippen molar-refractivity contribution < 1.29 is 14.1 Å². The summed E-state index contributed by atoms with van der Waals surface area (Å²) in [6.07, 6.45) is 2.87. The summed E-state index contributed by atoms with van der Waals surface area (Å²) in [7, 11) is 0. The SMILES string of the molecule is O=[N+]([O-])c1ccc(Oc2ncc(Br)cn2)c(F)c1. The van der Waals surface area contributed by atoms with Crippen molar-refractivity contribution in [2.24, 2.45) is 0 Å².